The fourth-order valence-corrected chi connectivity index (χ4v) is 2.39. The molecule has 0 fully saturated rings. The van der Waals surface area contributed by atoms with E-state index in [9.17, 15) is 4.79 Å². The van der Waals surface area contributed by atoms with Gasteiger partial charge in [-0.05, 0) is 44.0 Å². The van der Waals surface area contributed by atoms with Crippen molar-refractivity contribution in [3.63, 3.8) is 0 Å². The van der Waals surface area contributed by atoms with E-state index in [1.165, 1.54) is 0 Å². The highest BCUT2D eigenvalue weighted by Gasteiger charge is 2.21. The van der Waals surface area contributed by atoms with Gasteiger partial charge in [0.05, 0.1) is 29.3 Å². The van der Waals surface area contributed by atoms with Gasteiger partial charge in [0.25, 0.3) is 0 Å². The number of anilines is 1. The highest BCUT2D eigenvalue weighted by Crippen LogP contribution is 2.35. The van der Waals surface area contributed by atoms with Crippen molar-refractivity contribution in [2.75, 3.05) is 11.9 Å². The average molecular weight is 280 g/mol. The second kappa shape index (κ2) is 5.25. The molecule has 0 saturated heterocycles. The van der Waals surface area contributed by atoms with Crippen LogP contribution in [0.4, 0.5) is 5.69 Å². The van der Waals surface area contributed by atoms with Crippen molar-refractivity contribution in [3.05, 3.63) is 34.4 Å². The van der Waals surface area contributed by atoms with Gasteiger partial charge in [-0.25, -0.2) is 0 Å². The fourth-order valence-electron chi connectivity index (χ4n) is 2.09. The first kappa shape index (κ1) is 13.9. The average Bonchev–Trinajstić information content (AvgIpc) is 2.30. The maximum absolute atomic E-state index is 11.5. The summed E-state index contributed by atoms with van der Waals surface area (Å²) in [5, 5.41) is 4.01. The lowest BCUT2D eigenvalue weighted by Crippen LogP contribution is -2.30. The Morgan fingerprint density at radius 2 is 2.16 bits per heavy atom. The molecule has 1 aromatic carbocycles. The third-order valence-corrected chi connectivity index (χ3v) is 3.26. The predicted octanol–water partition coefficient (Wildman–Crippen LogP) is 3.66. The van der Waals surface area contributed by atoms with Gasteiger partial charge in [-0.1, -0.05) is 23.8 Å². The fraction of sp³-hybridized carbons (Fsp3) is 0.400. The lowest BCUT2D eigenvalue weighted by Gasteiger charge is -2.30. The maximum atomic E-state index is 11.5. The molecule has 1 aromatic rings. The van der Waals surface area contributed by atoms with Crippen LogP contribution in [-0.2, 0) is 16.0 Å². The zero-order valence-electron chi connectivity index (χ0n) is 11.4. The molecule has 102 valence electrons. The van der Waals surface area contributed by atoms with E-state index in [2.05, 4.69) is 25.2 Å². The number of benzene rings is 1. The van der Waals surface area contributed by atoms with Crippen LogP contribution in [0.1, 0.15) is 31.9 Å². The number of hydrogen-bond acceptors (Lipinski definition) is 3. The maximum Gasteiger partial charge on any atom is 0.310 e. The highest BCUT2D eigenvalue weighted by atomic mass is 35.5. The molecular formula is C15H18ClNO2. The van der Waals surface area contributed by atoms with E-state index in [1.54, 1.807) is 6.92 Å². The van der Waals surface area contributed by atoms with Gasteiger partial charge in [-0.15, -0.1) is 0 Å². The van der Waals surface area contributed by atoms with Crippen LogP contribution in [0.25, 0.3) is 6.08 Å². The second-order valence-corrected chi connectivity index (χ2v) is 5.61. The Labute approximate surface area is 118 Å². The van der Waals surface area contributed by atoms with Crippen molar-refractivity contribution in [2.45, 2.75) is 32.7 Å². The molecule has 1 N–H and O–H groups in total. The number of rotatable bonds is 3. The van der Waals surface area contributed by atoms with Crippen LogP contribution in [0.3, 0.4) is 0 Å². The van der Waals surface area contributed by atoms with E-state index >= 15 is 0 Å². The molecule has 1 aliphatic rings. The molecule has 0 unspecified atom stereocenters. The topological polar surface area (TPSA) is 38.3 Å². The van der Waals surface area contributed by atoms with Gasteiger partial charge >= 0.3 is 5.97 Å². The first-order valence-electron chi connectivity index (χ1n) is 6.37. The Bertz CT molecular complexity index is 535. The van der Waals surface area contributed by atoms with Gasteiger partial charge in [0.15, 0.2) is 0 Å². The summed E-state index contributed by atoms with van der Waals surface area (Å²) in [6.45, 7) is 6.35. The molecule has 0 saturated carbocycles. The Morgan fingerprint density at radius 1 is 1.42 bits per heavy atom. The van der Waals surface area contributed by atoms with Gasteiger partial charge in [0.1, 0.15) is 0 Å². The third-order valence-electron chi connectivity index (χ3n) is 2.96. The second-order valence-electron chi connectivity index (χ2n) is 5.20. The number of esters is 1. The summed E-state index contributed by atoms with van der Waals surface area (Å²) in [5.41, 5.74) is 2.68. The van der Waals surface area contributed by atoms with Crippen molar-refractivity contribution in [1.82, 2.24) is 0 Å². The Kier molecular flexibility index (Phi) is 3.85. The van der Waals surface area contributed by atoms with Crippen LogP contribution in [0.2, 0.25) is 5.02 Å². The van der Waals surface area contributed by atoms with Gasteiger partial charge < -0.3 is 10.1 Å². The van der Waals surface area contributed by atoms with Crippen molar-refractivity contribution in [3.8, 4) is 0 Å². The van der Waals surface area contributed by atoms with E-state index in [1.807, 2.05) is 18.2 Å². The lowest BCUT2D eigenvalue weighted by atomic mass is 9.95. The number of carbonyl (C=O) groups is 1. The molecule has 0 amide bonds. The predicted molar refractivity (Wildman–Crippen MR) is 78.5 cm³/mol. The van der Waals surface area contributed by atoms with E-state index < -0.39 is 0 Å². The molecule has 0 aliphatic carbocycles. The highest BCUT2D eigenvalue weighted by molar-refractivity contribution is 6.33. The molecule has 1 aliphatic heterocycles. The van der Waals surface area contributed by atoms with Crippen LogP contribution < -0.4 is 5.32 Å². The zero-order chi connectivity index (χ0) is 14.0. The summed E-state index contributed by atoms with van der Waals surface area (Å²) in [5.74, 6) is -0.230. The minimum Gasteiger partial charge on any atom is -0.466 e. The summed E-state index contributed by atoms with van der Waals surface area (Å²) in [4.78, 5) is 11.5. The normalized spacial score (nSPS) is 15.6. The smallest absolute Gasteiger partial charge is 0.310 e. The van der Waals surface area contributed by atoms with E-state index in [4.69, 9.17) is 16.3 Å². The van der Waals surface area contributed by atoms with E-state index in [-0.39, 0.29) is 17.9 Å². The molecular weight excluding hydrogens is 262 g/mol. The molecule has 3 nitrogen and oxygen atoms in total. The Hall–Kier alpha value is -1.48. The van der Waals surface area contributed by atoms with Gasteiger partial charge in [-0.2, -0.15) is 0 Å². The first-order chi connectivity index (χ1) is 8.91. The van der Waals surface area contributed by atoms with Crippen LogP contribution in [-0.4, -0.2) is 18.1 Å². The Morgan fingerprint density at radius 3 is 2.84 bits per heavy atom. The summed E-state index contributed by atoms with van der Waals surface area (Å²) < 4.78 is 4.95. The minimum absolute atomic E-state index is 0.112. The minimum atomic E-state index is -0.230. The molecule has 0 atom stereocenters. The molecule has 1 heterocycles. The summed E-state index contributed by atoms with van der Waals surface area (Å²) in [6.07, 6.45) is 4.37. The third kappa shape index (κ3) is 3.29. The van der Waals surface area contributed by atoms with Crippen molar-refractivity contribution in [1.29, 1.82) is 0 Å². The largest absolute Gasteiger partial charge is 0.466 e. The van der Waals surface area contributed by atoms with Crippen LogP contribution >= 0.6 is 11.6 Å². The number of halogens is 1. The monoisotopic (exact) mass is 279 g/mol. The molecule has 2 rings (SSSR count). The summed E-state index contributed by atoms with van der Waals surface area (Å²) >= 11 is 6.29. The Balaban J connectivity index is 2.27. The number of carbonyl (C=O) groups excluding carboxylic acids is 1. The van der Waals surface area contributed by atoms with Crippen LogP contribution in [0.15, 0.2) is 18.2 Å². The number of hydrogen-bond donors (Lipinski definition) is 1. The molecule has 19 heavy (non-hydrogen) atoms. The SMILES string of the molecule is CCOC(=O)Cc1cc(Cl)c2c(c1)C=CC(C)(C)N2. The van der Waals surface area contributed by atoms with E-state index in [0.29, 0.717) is 11.6 Å². The van der Waals surface area contributed by atoms with E-state index in [0.717, 1.165) is 16.8 Å². The van der Waals surface area contributed by atoms with Gasteiger partial charge in [0.2, 0.25) is 0 Å². The first-order valence-corrected chi connectivity index (χ1v) is 6.74. The zero-order valence-corrected chi connectivity index (χ0v) is 12.2. The van der Waals surface area contributed by atoms with Gasteiger partial charge in [0, 0.05) is 0 Å². The van der Waals surface area contributed by atoms with Crippen molar-refractivity contribution >= 4 is 29.3 Å². The van der Waals surface area contributed by atoms with Crippen LogP contribution in [0.5, 0.6) is 0 Å². The van der Waals surface area contributed by atoms with Crippen molar-refractivity contribution < 1.29 is 9.53 Å². The van der Waals surface area contributed by atoms with Crippen molar-refractivity contribution in [2.24, 2.45) is 0 Å². The molecule has 0 bridgehead atoms. The summed E-state index contributed by atoms with van der Waals surface area (Å²) in [7, 11) is 0. The standard InChI is InChI=1S/C15H18ClNO2/c1-4-19-13(18)9-10-7-11-5-6-15(2,3)17-14(11)12(16)8-10/h5-8,17H,4,9H2,1-3H3. The lowest BCUT2D eigenvalue weighted by molar-refractivity contribution is -0.142. The van der Waals surface area contributed by atoms with Crippen LogP contribution in [0, 0.1) is 0 Å². The quantitative estimate of drug-likeness (QED) is 0.858. The molecule has 0 radical (unpaired) electrons. The number of ether oxygens (including phenoxy) is 1. The molecule has 4 heteroatoms. The number of fused-ring (bicyclic) bond motifs is 1. The summed E-state index contributed by atoms with van der Waals surface area (Å²) in [6, 6.07) is 3.79. The molecule has 0 aromatic heterocycles. The van der Waals surface area contributed by atoms with Gasteiger partial charge in [-0.3, -0.25) is 4.79 Å². The molecule has 0 spiro atoms. The number of nitrogens with one attached hydrogen (secondary N) is 1.